The summed E-state index contributed by atoms with van der Waals surface area (Å²) < 4.78 is 106. The maximum absolute atomic E-state index is 14.0. The van der Waals surface area contributed by atoms with Crippen LogP contribution in [-0.4, -0.2) is 49.0 Å². The SMILES string of the molecule is CS(=O)(=O)c1ccccc1-c1ccc(N2CCc3c(C(F)(F)F)nn(-c4ccccc4CNC(=O)C(F)(F)F)c3C2=O)cc1. The average Bonchev–Trinajstić information content (AvgIpc) is 3.37. The maximum Gasteiger partial charge on any atom is 0.471 e. The normalized spacial score (nSPS) is 14.0. The number of amides is 2. The molecule has 0 atom stereocenters. The van der Waals surface area contributed by atoms with Gasteiger partial charge in [-0.05, 0) is 41.8 Å². The summed E-state index contributed by atoms with van der Waals surface area (Å²) in [4.78, 5) is 26.5. The molecule has 0 spiro atoms. The van der Waals surface area contributed by atoms with Gasteiger partial charge in [0.15, 0.2) is 15.5 Å². The number of hydrogen-bond donors (Lipinski definition) is 1. The number of anilines is 1. The van der Waals surface area contributed by atoms with E-state index in [9.17, 15) is 44.3 Å². The minimum absolute atomic E-state index is 0.0112. The zero-order valence-electron chi connectivity index (χ0n) is 22.7. The average molecular weight is 637 g/mol. The minimum Gasteiger partial charge on any atom is -0.344 e. The molecule has 44 heavy (non-hydrogen) atoms. The Balaban J connectivity index is 1.54. The van der Waals surface area contributed by atoms with E-state index in [2.05, 4.69) is 5.10 Å². The number of benzene rings is 3. The maximum atomic E-state index is 14.0. The van der Waals surface area contributed by atoms with Gasteiger partial charge in [0, 0.05) is 36.2 Å². The van der Waals surface area contributed by atoms with Crippen LogP contribution in [-0.2, 0) is 33.8 Å². The topological polar surface area (TPSA) is 101 Å². The zero-order chi connectivity index (χ0) is 32.0. The first-order valence-corrected chi connectivity index (χ1v) is 14.8. The van der Waals surface area contributed by atoms with Crippen LogP contribution in [0.3, 0.4) is 0 Å². The van der Waals surface area contributed by atoms with Crippen molar-refractivity contribution in [2.75, 3.05) is 17.7 Å². The van der Waals surface area contributed by atoms with Crippen molar-refractivity contribution in [1.29, 1.82) is 0 Å². The molecule has 3 aromatic carbocycles. The van der Waals surface area contributed by atoms with E-state index in [4.69, 9.17) is 0 Å². The lowest BCUT2D eigenvalue weighted by atomic mass is 10.0. The van der Waals surface area contributed by atoms with E-state index >= 15 is 0 Å². The fraction of sp³-hybridized carbons (Fsp3) is 0.207. The number of rotatable bonds is 6. The number of nitrogens with one attached hydrogen (secondary N) is 1. The number of alkyl halides is 6. The van der Waals surface area contributed by atoms with E-state index in [0.29, 0.717) is 16.8 Å². The van der Waals surface area contributed by atoms with Gasteiger partial charge in [-0.15, -0.1) is 0 Å². The summed E-state index contributed by atoms with van der Waals surface area (Å²) in [7, 11) is -3.56. The zero-order valence-corrected chi connectivity index (χ0v) is 23.5. The quantitative estimate of drug-likeness (QED) is 0.288. The van der Waals surface area contributed by atoms with Gasteiger partial charge in [0.25, 0.3) is 5.91 Å². The van der Waals surface area contributed by atoms with E-state index in [1.807, 2.05) is 0 Å². The number of halogens is 6. The van der Waals surface area contributed by atoms with Crippen LogP contribution in [0.4, 0.5) is 32.0 Å². The number of fused-ring (bicyclic) bond motifs is 1. The number of nitrogens with zero attached hydrogens (tertiary/aromatic N) is 3. The van der Waals surface area contributed by atoms with Crippen LogP contribution in [0.15, 0.2) is 77.7 Å². The number of sulfone groups is 1. The summed E-state index contributed by atoms with van der Waals surface area (Å²) in [6.07, 6.45) is -9.28. The Morgan fingerprint density at radius 1 is 0.932 bits per heavy atom. The molecular formula is C29H22F6N4O4S. The van der Waals surface area contributed by atoms with Crippen LogP contribution in [0, 0.1) is 0 Å². The van der Waals surface area contributed by atoms with Gasteiger partial charge in [-0.1, -0.05) is 48.5 Å². The fourth-order valence-electron chi connectivity index (χ4n) is 5.00. The Morgan fingerprint density at radius 3 is 2.20 bits per heavy atom. The second-order valence-corrected chi connectivity index (χ2v) is 11.9. The van der Waals surface area contributed by atoms with E-state index in [1.165, 1.54) is 47.4 Å². The first-order chi connectivity index (χ1) is 20.6. The summed E-state index contributed by atoms with van der Waals surface area (Å²) in [6.45, 7) is -0.831. The van der Waals surface area contributed by atoms with Crippen molar-refractivity contribution in [3.05, 3.63) is 95.3 Å². The molecule has 0 fully saturated rings. The molecule has 0 saturated carbocycles. The van der Waals surface area contributed by atoms with Crippen molar-refractivity contribution in [3.8, 4) is 16.8 Å². The van der Waals surface area contributed by atoms with Crippen molar-refractivity contribution in [3.63, 3.8) is 0 Å². The van der Waals surface area contributed by atoms with Gasteiger partial charge in [-0.25, -0.2) is 13.1 Å². The number of hydrogen-bond acceptors (Lipinski definition) is 5. The van der Waals surface area contributed by atoms with Gasteiger partial charge in [0.1, 0.15) is 5.69 Å². The van der Waals surface area contributed by atoms with Gasteiger partial charge in [0.2, 0.25) is 0 Å². The predicted molar refractivity (Wildman–Crippen MR) is 147 cm³/mol. The highest BCUT2D eigenvalue weighted by molar-refractivity contribution is 7.90. The monoisotopic (exact) mass is 636 g/mol. The van der Waals surface area contributed by atoms with Gasteiger partial charge in [0.05, 0.1) is 10.6 Å². The van der Waals surface area contributed by atoms with Gasteiger partial charge in [-0.2, -0.15) is 31.4 Å². The molecule has 1 aromatic heterocycles. The van der Waals surface area contributed by atoms with Crippen LogP contribution in [0.2, 0.25) is 0 Å². The smallest absolute Gasteiger partial charge is 0.344 e. The number of carbonyl (C=O) groups excluding carboxylic acids is 2. The highest BCUT2D eigenvalue weighted by Gasteiger charge is 2.44. The molecule has 0 radical (unpaired) electrons. The van der Waals surface area contributed by atoms with Crippen molar-refractivity contribution < 1.29 is 44.3 Å². The minimum atomic E-state index is -5.18. The summed E-state index contributed by atoms with van der Waals surface area (Å²) >= 11 is 0. The Kier molecular flexibility index (Phi) is 7.78. The fourth-order valence-corrected chi connectivity index (χ4v) is 5.91. The van der Waals surface area contributed by atoms with Crippen LogP contribution in [0.25, 0.3) is 16.8 Å². The van der Waals surface area contributed by atoms with Crippen LogP contribution >= 0.6 is 0 Å². The number of para-hydroxylation sites is 1. The van der Waals surface area contributed by atoms with Crippen LogP contribution < -0.4 is 10.2 Å². The third kappa shape index (κ3) is 5.91. The van der Waals surface area contributed by atoms with Crippen molar-refractivity contribution in [2.45, 2.75) is 30.2 Å². The first kappa shape index (κ1) is 30.8. The summed E-state index contributed by atoms with van der Waals surface area (Å²) in [5.41, 5.74) is -0.963. The third-order valence-corrected chi connectivity index (χ3v) is 8.13. The lowest BCUT2D eigenvalue weighted by Crippen LogP contribution is -2.39. The second-order valence-electron chi connectivity index (χ2n) is 9.92. The molecule has 8 nitrogen and oxygen atoms in total. The van der Waals surface area contributed by atoms with Crippen LogP contribution in [0.1, 0.15) is 27.3 Å². The Hall–Kier alpha value is -4.66. The lowest BCUT2D eigenvalue weighted by molar-refractivity contribution is -0.173. The highest BCUT2D eigenvalue weighted by atomic mass is 32.2. The molecule has 5 rings (SSSR count). The van der Waals surface area contributed by atoms with Crippen molar-refractivity contribution in [2.24, 2.45) is 0 Å². The predicted octanol–water partition coefficient (Wildman–Crippen LogP) is 5.34. The first-order valence-electron chi connectivity index (χ1n) is 12.9. The van der Waals surface area contributed by atoms with Crippen molar-refractivity contribution >= 4 is 27.3 Å². The molecule has 0 unspecified atom stereocenters. The Morgan fingerprint density at radius 2 is 1.57 bits per heavy atom. The molecule has 0 saturated heterocycles. The number of carbonyl (C=O) groups is 2. The molecule has 2 amide bonds. The molecule has 1 aliphatic rings. The second kappa shape index (κ2) is 11.1. The van der Waals surface area contributed by atoms with Gasteiger partial charge in [-0.3, -0.25) is 9.59 Å². The molecule has 0 aliphatic carbocycles. The van der Waals surface area contributed by atoms with E-state index in [1.54, 1.807) is 35.6 Å². The number of aromatic nitrogens is 2. The summed E-state index contributed by atoms with van der Waals surface area (Å²) in [6, 6.07) is 18.0. The van der Waals surface area contributed by atoms with Crippen molar-refractivity contribution in [1.82, 2.24) is 15.1 Å². The molecule has 2 heterocycles. The molecule has 4 aromatic rings. The van der Waals surface area contributed by atoms with E-state index < -0.39 is 51.9 Å². The lowest BCUT2D eigenvalue weighted by Gasteiger charge is -2.28. The summed E-state index contributed by atoms with van der Waals surface area (Å²) in [5, 5.41) is 5.37. The highest BCUT2D eigenvalue weighted by Crippen LogP contribution is 2.38. The molecular weight excluding hydrogens is 614 g/mol. The molecule has 1 aliphatic heterocycles. The van der Waals surface area contributed by atoms with E-state index in [-0.39, 0.29) is 34.7 Å². The molecule has 1 N–H and O–H groups in total. The Labute approximate surface area is 246 Å². The van der Waals surface area contributed by atoms with Gasteiger partial charge < -0.3 is 10.2 Å². The van der Waals surface area contributed by atoms with Crippen LogP contribution in [0.5, 0.6) is 0 Å². The summed E-state index contributed by atoms with van der Waals surface area (Å²) in [5.74, 6) is -3.08. The van der Waals surface area contributed by atoms with Gasteiger partial charge >= 0.3 is 18.3 Å². The largest absolute Gasteiger partial charge is 0.471 e. The standard InChI is InChI=1S/C29H22F6N4O4S/c1-44(42,43)23-9-5-3-7-20(23)17-10-12-19(13-11-17)38-15-14-21-24(26(38)40)39(37-25(21)28(30,31)32)22-8-4-2-6-18(22)16-36-27(41)29(33,34)35/h2-13H,14-16H2,1H3,(H,36,41). The third-order valence-electron chi connectivity index (χ3n) is 6.98. The molecule has 15 heteroatoms. The molecule has 0 bridgehead atoms. The van der Waals surface area contributed by atoms with E-state index in [0.717, 1.165) is 10.9 Å². The molecule has 230 valence electrons. The Bertz CT molecular complexity index is 1870.